The van der Waals surface area contributed by atoms with Gasteiger partial charge in [-0.15, -0.1) is 0 Å². The number of aromatic nitrogens is 2. The van der Waals surface area contributed by atoms with Crippen LogP contribution < -0.4 is 5.32 Å². The predicted octanol–water partition coefficient (Wildman–Crippen LogP) is 3.18. The summed E-state index contributed by atoms with van der Waals surface area (Å²) in [6.07, 6.45) is 12.2. The number of hydrogen-bond acceptors (Lipinski definition) is 2. The molecule has 1 aromatic heterocycles. The number of rotatable bonds is 4. The highest BCUT2D eigenvalue weighted by Gasteiger charge is 2.30. The minimum absolute atomic E-state index is 0.732. The molecule has 3 heteroatoms. The Bertz CT molecular complexity index is 412. The van der Waals surface area contributed by atoms with Crippen LogP contribution in [0.1, 0.15) is 56.2 Å². The first-order valence-corrected chi connectivity index (χ1v) is 7.95. The van der Waals surface area contributed by atoms with Crippen LogP contribution in [-0.2, 0) is 13.6 Å². The van der Waals surface area contributed by atoms with Crippen molar-refractivity contribution in [3.05, 3.63) is 17.5 Å². The zero-order valence-electron chi connectivity index (χ0n) is 12.4. The fraction of sp³-hybridized carbons (Fsp3) is 0.812. The molecule has 0 atom stereocenters. The van der Waals surface area contributed by atoms with E-state index in [0.29, 0.717) is 0 Å². The van der Waals surface area contributed by atoms with Gasteiger partial charge in [-0.25, -0.2) is 0 Å². The molecule has 0 aliphatic heterocycles. The Morgan fingerprint density at radius 2 is 1.84 bits per heavy atom. The average Bonchev–Trinajstić information content (AvgIpc) is 2.67. The molecule has 2 saturated carbocycles. The number of aryl methyl sites for hydroxylation is 1. The molecule has 2 aliphatic rings. The molecule has 3 nitrogen and oxygen atoms in total. The second-order valence-corrected chi connectivity index (χ2v) is 6.56. The molecule has 2 fully saturated rings. The molecular formula is C16H27N3. The molecule has 3 rings (SSSR count). The van der Waals surface area contributed by atoms with Gasteiger partial charge in [-0.2, -0.15) is 5.10 Å². The van der Waals surface area contributed by atoms with E-state index in [1.165, 1.54) is 56.2 Å². The lowest BCUT2D eigenvalue weighted by atomic mass is 9.69. The highest BCUT2D eigenvalue weighted by Crippen LogP contribution is 2.40. The molecule has 1 N–H and O–H groups in total. The zero-order valence-corrected chi connectivity index (χ0v) is 12.4. The molecule has 0 saturated heterocycles. The van der Waals surface area contributed by atoms with Crippen LogP contribution in [0, 0.1) is 18.8 Å². The smallest absolute Gasteiger partial charge is 0.0537 e. The molecule has 0 radical (unpaired) electrons. The van der Waals surface area contributed by atoms with Crippen LogP contribution in [0.25, 0.3) is 0 Å². The van der Waals surface area contributed by atoms with Crippen molar-refractivity contribution in [1.29, 1.82) is 0 Å². The van der Waals surface area contributed by atoms with Crippen molar-refractivity contribution < 1.29 is 0 Å². The topological polar surface area (TPSA) is 29.9 Å². The Labute approximate surface area is 116 Å². The van der Waals surface area contributed by atoms with Crippen molar-refractivity contribution in [2.45, 2.75) is 64.5 Å². The van der Waals surface area contributed by atoms with E-state index >= 15 is 0 Å². The molecule has 19 heavy (non-hydrogen) atoms. The summed E-state index contributed by atoms with van der Waals surface area (Å²) < 4.78 is 1.96. The van der Waals surface area contributed by atoms with Gasteiger partial charge in [0.1, 0.15) is 0 Å². The molecular weight excluding hydrogens is 234 g/mol. The minimum Gasteiger partial charge on any atom is -0.310 e. The van der Waals surface area contributed by atoms with Crippen LogP contribution in [0.3, 0.4) is 0 Å². The fourth-order valence-electron chi connectivity index (χ4n) is 3.68. The summed E-state index contributed by atoms with van der Waals surface area (Å²) in [6.45, 7) is 3.13. The molecule has 0 amide bonds. The van der Waals surface area contributed by atoms with Gasteiger partial charge in [0, 0.05) is 30.9 Å². The average molecular weight is 261 g/mol. The lowest BCUT2D eigenvalue weighted by Gasteiger charge is -2.38. The Morgan fingerprint density at radius 1 is 1.16 bits per heavy atom. The molecule has 0 bridgehead atoms. The van der Waals surface area contributed by atoms with Gasteiger partial charge in [0.05, 0.1) is 6.20 Å². The van der Waals surface area contributed by atoms with Crippen molar-refractivity contribution in [3.8, 4) is 0 Å². The summed E-state index contributed by atoms with van der Waals surface area (Å²) in [5.74, 6) is 2.13. The van der Waals surface area contributed by atoms with Crippen molar-refractivity contribution >= 4 is 0 Å². The van der Waals surface area contributed by atoms with E-state index in [1.807, 2.05) is 17.9 Å². The van der Waals surface area contributed by atoms with Crippen molar-refractivity contribution in [2.24, 2.45) is 18.9 Å². The molecule has 1 aromatic rings. The van der Waals surface area contributed by atoms with E-state index in [1.54, 1.807) is 0 Å². The molecule has 2 aliphatic carbocycles. The maximum absolute atomic E-state index is 4.31. The highest BCUT2D eigenvalue weighted by atomic mass is 15.3. The highest BCUT2D eigenvalue weighted by molar-refractivity contribution is 5.15. The van der Waals surface area contributed by atoms with Gasteiger partial charge < -0.3 is 5.32 Å². The first kappa shape index (κ1) is 13.2. The Kier molecular flexibility index (Phi) is 3.92. The molecule has 1 heterocycles. The Hall–Kier alpha value is -0.830. The number of hydrogen-bond donors (Lipinski definition) is 1. The lowest BCUT2D eigenvalue weighted by molar-refractivity contribution is 0.147. The van der Waals surface area contributed by atoms with Gasteiger partial charge in [-0.1, -0.05) is 19.3 Å². The Morgan fingerprint density at radius 3 is 2.37 bits per heavy atom. The largest absolute Gasteiger partial charge is 0.310 e. The van der Waals surface area contributed by atoms with Gasteiger partial charge in [-0.05, 0) is 44.4 Å². The second kappa shape index (κ2) is 5.66. The van der Waals surface area contributed by atoms with Gasteiger partial charge in [0.2, 0.25) is 0 Å². The van der Waals surface area contributed by atoms with E-state index in [0.717, 1.165) is 24.4 Å². The maximum atomic E-state index is 4.31. The predicted molar refractivity (Wildman–Crippen MR) is 77.9 cm³/mol. The van der Waals surface area contributed by atoms with Gasteiger partial charge in [0.25, 0.3) is 0 Å². The standard InChI is InChI=1S/C16H27N3/c1-12-15(11-18-19(12)2)10-17-16-8-6-14(7-9-16)13-4-3-5-13/h11,13-14,16-17H,3-10H2,1-2H3. The van der Waals surface area contributed by atoms with Crippen molar-refractivity contribution in [2.75, 3.05) is 0 Å². The normalized spacial score (nSPS) is 28.3. The molecule has 0 unspecified atom stereocenters. The first-order chi connectivity index (χ1) is 9.24. The van der Waals surface area contributed by atoms with E-state index in [-0.39, 0.29) is 0 Å². The van der Waals surface area contributed by atoms with E-state index in [4.69, 9.17) is 0 Å². The fourth-order valence-corrected chi connectivity index (χ4v) is 3.68. The van der Waals surface area contributed by atoms with Crippen LogP contribution in [0.2, 0.25) is 0 Å². The lowest BCUT2D eigenvalue weighted by Crippen LogP contribution is -2.35. The van der Waals surface area contributed by atoms with Gasteiger partial charge >= 0.3 is 0 Å². The number of nitrogens with zero attached hydrogens (tertiary/aromatic N) is 2. The van der Waals surface area contributed by atoms with Crippen molar-refractivity contribution in [3.63, 3.8) is 0 Å². The summed E-state index contributed by atoms with van der Waals surface area (Å²) in [4.78, 5) is 0. The second-order valence-electron chi connectivity index (χ2n) is 6.56. The zero-order chi connectivity index (χ0) is 13.2. The molecule has 0 aromatic carbocycles. The van der Waals surface area contributed by atoms with E-state index in [2.05, 4.69) is 17.3 Å². The summed E-state index contributed by atoms with van der Waals surface area (Å²) in [5.41, 5.74) is 2.64. The summed E-state index contributed by atoms with van der Waals surface area (Å²) in [7, 11) is 2.02. The van der Waals surface area contributed by atoms with Gasteiger partial charge in [0.15, 0.2) is 0 Å². The summed E-state index contributed by atoms with van der Waals surface area (Å²) >= 11 is 0. The number of nitrogens with one attached hydrogen (secondary N) is 1. The van der Waals surface area contributed by atoms with Crippen LogP contribution in [0.5, 0.6) is 0 Å². The van der Waals surface area contributed by atoms with Crippen LogP contribution in [-0.4, -0.2) is 15.8 Å². The minimum atomic E-state index is 0.732. The van der Waals surface area contributed by atoms with Crippen LogP contribution >= 0.6 is 0 Å². The quantitative estimate of drug-likeness (QED) is 0.902. The SMILES string of the molecule is Cc1c(CNC2CCC(C3CCC3)CC2)cnn1C. The molecule has 106 valence electrons. The summed E-state index contributed by atoms with van der Waals surface area (Å²) in [5, 5.41) is 8.04. The van der Waals surface area contributed by atoms with E-state index in [9.17, 15) is 0 Å². The van der Waals surface area contributed by atoms with Crippen molar-refractivity contribution in [1.82, 2.24) is 15.1 Å². The summed E-state index contributed by atoms with van der Waals surface area (Å²) in [6, 6.07) is 0.732. The molecule has 0 spiro atoms. The van der Waals surface area contributed by atoms with E-state index < -0.39 is 0 Å². The third kappa shape index (κ3) is 2.86. The van der Waals surface area contributed by atoms with Crippen LogP contribution in [0.15, 0.2) is 6.20 Å². The van der Waals surface area contributed by atoms with Gasteiger partial charge in [-0.3, -0.25) is 4.68 Å². The first-order valence-electron chi connectivity index (χ1n) is 7.95. The van der Waals surface area contributed by atoms with Crippen LogP contribution in [0.4, 0.5) is 0 Å². The third-order valence-electron chi connectivity index (χ3n) is 5.51. The monoisotopic (exact) mass is 261 g/mol. The Balaban J connectivity index is 1.43. The third-order valence-corrected chi connectivity index (χ3v) is 5.51. The maximum Gasteiger partial charge on any atom is 0.0537 e.